The number of carbonyl (C=O) groups is 1. The molecule has 110 valence electrons. The minimum atomic E-state index is -0.450. The van der Waals surface area contributed by atoms with E-state index in [0.717, 1.165) is 18.4 Å². The lowest BCUT2D eigenvalue weighted by atomic mass is 10.2. The monoisotopic (exact) mass is 281 g/mol. The van der Waals surface area contributed by atoms with Crippen LogP contribution < -0.4 is 16.0 Å². The average Bonchev–Trinajstić information content (AvgIpc) is 2.43. The molecule has 7 nitrogen and oxygen atoms in total. The normalized spacial score (nSPS) is 10.1. The fourth-order valence-electron chi connectivity index (χ4n) is 1.71. The Morgan fingerprint density at radius 1 is 1.40 bits per heavy atom. The number of hydrogen-bond donors (Lipinski definition) is 2. The summed E-state index contributed by atoms with van der Waals surface area (Å²) in [5.41, 5.74) is 2.86. The summed E-state index contributed by atoms with van der Waals surface area (Å²) in [5.74, 6) is 5.04. The third-order valence-corrected chi connectivity index (χ3v) is 2.78. The van der Waals surface area contributed by atoms with Crippen molar-refractivity contribution in [1.29, 1.82) is 0 Å². The molecule has 0 unspecified atom stereocenters. The quantitative estimate of drug-likeness (QED) is 0.248. The van der Waals surface area contributed by atoms with E-state index in [1.807, 2.05) is 0 Å². The molecule has 0 saturated carbocycles. The van der Waals surface area contributed by atoms with E-state index in [0.29, 0.717) is 19.4 Å². The standard InChI is InChI=1S/C13H19N3O4/c1-10-6-7-12(11(9-10)16(18)19)20-8-4-2-3-5-13(17)15-14/h6-7,9H,2-5,8,14H2,1H3,(H,15,17). The maximum atomic E-state index is 10.9. The fraction of sp³-hybridized carbons (Fsp3) is 0.462. The van der Waals surface area contributed by atoms with Gasteiger partial charge in [0.1, 0.15) is 0 Å². The highest BCUT2D eigenvalue weighted by molar-refractivity contribution is 5.75. The number of ether oxygens (including phenoxy) is 1. The number of carbonyl (C=O) groups excluding carboxylic acids is 1. The van der Waals surface area contributed by atoms with Gasteiger partial charge >= 0.3 is 5.69 Å². The van der Waals surface area contributed by atoms with Gasteiger partial charge in [0.15, 0.2) is 5.75 Å². The molecular weight excluding hydrogens is 262 g/mol. The van der Waals surface area contributed by atoms with E-state index in [4.69, 9.17) is 10.6 Å². The summed E-state index contributed by atoms with van der Waals surface area (Å²) < 4.78 is 5.42. The number of amides is 1. The van der Waals surface area contributed by atoms with E-state index in [2.05, 4.69) is 5.43 Å². The van der Waals surface area contributed by atoms with Gasteiger partial charge in [-0.2, -0.15) is 0 Å². The average molecular weight is 281 g/mol. The second-order valence-electron chi connectivity index (χ2n) is 4.45. The Kier molecular flexibility index (Phi) is 6.45. The Morgan fingerprint density at radius 3 is 2.80 bits per heavy atom. The van der Waals surface area contributed by atoms with Gasteiger partial charge in [-0.25, -0.2) is 5.84 Å². The van der Waals surface area contributed by atoms with Gasteiger partial charge in [0.2, 0.25) is 5.91 Å². The Labute approximate surface area is 117 Å². The number of hydrogen-bond acceptors (Lipinski definition) is 5. The molecule has 0 saturated heterocycles. The minimum absolute atomic E-state index is 0.0208. The second kappa shape index (κ2) is 8.11. The van der Waals surface area contributed by atoms with Gasteiger partial charge < -0.3 is 4.74 Å². The summed E-state index contributed by atoms with van der Waals surface area (Å²) in [7, 11) is 0. The summed E-state index contributed by atoms with van der Waals surface area (Å²) in [6.45, 7) is 2.17. The van der Waals surface area contributed by atoms with Crippen molar-refractivity contribution >= 4 is 11.6 Å². The molecule has 0 aromatic heterocycles. The number of nitrogens with two attached hydrogens (primary N) is 1. The number of hydrazine groups is 1. The SMILES string of the molecule is Cc1ccc(OCCCCCC(=O)NN)c([N+](=O)[O-])c1. The number of unbranched alkanes of at least 4 members (excludes halogenated alkanes) is 2. The predicted molar refractivity (Wildman–Crippen MR) is 74.1 cm³/mol. The topological polar surface area (TPSA) is 107 Å². The number of nitro groups is 1. The van der Waals surface area contributed by atoms with Crippen molar-refractivity contribution < 1.29 is 14.5 Å². The van der Waals surface area contributed by atoms with Crippen molar-refractivity contribution in [2.24, 2.45) is 5.84 Å². The molecule has 0 aliphatic heterocycles. The molecule has 0 atom stereocenters. The van der Waals surface area contributed by atoms with Crippen molar-refractivity contribution in [3.8, 4) is 5.75 Å². The van der Waals surface area contributed by atoms with Crippen molar-refractivity contribution in [3.05, 3.63) is 33.9 Å². The highest BCUT2D eigenvalue weighted by Gasteiger charge is 2.14. The number of benzene rings is 1. The predicted octanol–water partition coefficient (Wildman–Crippen LogP) is 1.83. The molecule has 20 heavy (non-hydrogen) atoms. The molecule has 0 aliphatic rings. The van der Waals surface area contributed by atoms with Crippen molar-refractivity contribution in [2.75, 3.05) is 6.61 Å². The van der Waals surface area contributed by atoms with Gasteiger partial charge in [-0.05, 0) is 37.8 Å². The van der Waals surface area contributed by atoms with Gasteiger partial charge in [0, 0.05) is 12.5 Å². The highest BCUT2D eigenvalue weighted by Crippen LogP contribution is 2.27. The Morgan fingerprint density at radius 2 is 2.15 bits per heavy atom. The minimum Gasteiger partial charge on any atom is -0.487 e. The first-order chi connectivity index (χ1) is 9.54. The maximum absolute atomic E-state index is 10.9. The smallest absolute Gasteiger partial charge is 0.311 e. The van der Waals surface area contributed by atoms with Crippen LogP contribution in [0.1, 0.15) is 31.2 Å². The van der Waals surface area contributed by atoms with Crippen LogP contribution in [0.3, 0.4) is 0 Å². The first-order valence-corrected chi connectivity index (χ1v) is 6.42. The molecule has 1 rings (SSSR count). The lowest BCUT2D eigenvalue weighted by Crippen LogP contribution is -2.29. The Balaban J connectivity index is 2.35. The van der Waals surface area contributed by atoms with E-state index in [1.54, 1.807) is 19.1 Å². The third kappa shape index (κ3) is 5.23. The Hall–Kier alpha value is -2.15. The first kappa shape index (κ1) is 15.9. The van der Waals surface area contributed by atoms with Gasteiger partial charge in [0.25, 0.3) is 0 Å². The van der Waals surface area contributed by atoms with Crippen LogP contribution in [0, 0.1) is 17.0 Å². The molecule has 0 heterocycles. The van der Waals surface area contributed by atoms with Crippen LogP contribution in [-0.2, 0) is 4.79 Å². The van der Waals surface area contributed by atoms with E-state index >= 15 is 0 Å². The largest absolute Gasteiger partial charge is 0.487 e. The van der Waals surface area contributed by atoms with Gasteiger partial charge in [-0.1, -0.05) is 6.07 Å². The zero-order chi connectivity index (χ0) is 15.0. The van der Waals surface area contributed by atoms with E-state index in [1.165, 1.54) is 6.07 Å². The lowest BCUT2D eigenvalue weighted by Gasteiger charge is -2.07. The lowest BCUT2D eigenvalue weighted by molar-refractivity contribution is -0.385. The molecule has 0 radical (unpaired) electrons. The molecular formula is C13H19N3O4. The van der Waals surface area contributed by atoms with Gasteiger partial charge in [-0.15, -0.1) is 0 Å². The summed E-state index contributed by atoms with van der Waals surface area (Å²) in [5, 5.41) is 10.9. The summed E-state index contributed by atoms with van der Waals surface area (Å²) in [4.78, 5) is 21.3. The first-order valence-electron chi connectivity index (χ1n) is 6.42. The van der Waals surface area contributed by atoms with Crippen molar-refractivity contribution in [3.63, 3.8) is 0 Å². The van der Waals surface area contributed by atoms with E-state index in [-0.39, 0.29) is 17.3 Å². The van der Waals surface area contributed by atoms with Crippen LogP contribution >= 0.6 is 0 Å². The number of nitrogens with zero attached hydrogens (tertiary/aromatic N) is 1. The molecule has 0 bridgehead atoms. The van der Waals surface area contributed by atoms with Crippen LogP contribution in [0.4, 0.5) is 5.69 Å². The number of nitrogens with one attached hydrogen (secondary N) is 1. The molecule has 0 aliphatic carbocycles. The van der Waals surface area contributed by atoms with Crippen LogP contribution in [-0.4, -0.2) is 17.4 Å². The van der Waals surface area contributed by atoms with Crippen LogP contribution in [0.15, 0.2) is 18.2 Å². The summed E-state index contributed by atoms with van der Waals surface area (Å²) >= 11 is 0. The van der Waals surface area contributed by atoms with E-state index < -0.39 is 4.92 Å². The molecule has 0 spiro atoms. The van der Waals surface area contributed by atoms with Crippen LogP contribution in [0.2, 0.25) is 0 Å². The highest BCUT2D eigenvalue weighted by atomic mass is 16.6. The summed E-state index contributed by atoms with van der Waals surface area (Å²) in [6, 6.07) is 4.87. The van der Waals surface area contributed by atoms with Gasteiger partial charge in [0.05, 0.1) is 11.5 Å². The molecule has 7 heteroatoms. The maximum Gasteiger partial charge on any atom is 0.311 e. The zero-order valence-corrected chi connectivity index (χ0v) is 11.4. The number of aryl methyl sites for hydroxylation is 1. The second-order valence-corrected chi connectivity index (χ2v) is 4.45. The number of nitro benzene ring substituents is 1. The van der Waals surface area contributed by atoms with Crippen LogP contribution in [0.5, 0.6) is 5.75 Å². The van der Waals surface area contributed by atoms with E-state index in [9.17, 15) is 14.9 Å². The third-order valence-electron chi connectivity index (χ3n) is 2.78. The van der Waals surface area contributed by atoms with Crippen LogP contribution in [0.25, 0.3) is 0 Å². The Bertz CT molecular complexity index is 477. The molecule has 0 fully saturated rings. The summed E-state index contributed by atoms with van der Waals surface area (Å²) in [6.07, 6.45) is 2.61. The molecule has 3 N–H and O–H groups in total. The molecule has 1 amide bonds. The van der Waals surface area contributed by atoms with Crippen molar-refractivity contribution in [2.45, 2.75) is 32.6 Å². The number of rotatable bonds is 8. The zero-order valence-electron chi connectivity index (χ0n) is 11.4. The fourth-order valence-corrected chi connectivity index (χ4v) is 1.71. The molecule has 1 aromatic carbocycles. The molecule has 1 aromatic rings. The van der Waals surface area contributed by atoms with Gasteiger partial charge in [-0.3, -0.25) is 20.3 Å². The van der Waals surface area contributed by atoms with Crippen molar-refractivity contribution in [1.82, 2.24) is 5.43 Å².